The maximum absolute atomic E-state index is 9.42. The van der Waals surface area contributed by atoms with E-state index in [0.717, 1.165) is 0 Å². The second kappa shape index (κ2) is 4.71. The predicted octanol–water partition coefficient (Wildman–Crippen LogP) is -0.0954. The van der Waals surface area contributed by atoms with Crippen molar-refractivity contribution in [3.8, 4) is 0 Å². The van der Waals surface area contributed by atoms with Gasteiger partial charge < -0.3 is 19.7 Å². The fourth-order valence-corrected chi connectivity index (χ4v) is 1.92. The van der Waals surface area contributed by atoms with Crippen LogP contribution in [0.2, 0.25) is 0 Å². The van der Waals surface area contributed by atoms with Gasteiger partial charge in [-0.05, 0) is 0 Å². The Morgan fingerprint density at radius 2 is 2.25 bits per heavy atom. The molecule has 1 aliphatic rings. The zero-order valence-corrected chi connectivity index (χ0v) is 8.97. The van der Waals surface area contributed by atoms with Gasteiger partial charge in [0.25, 0.3) is 0 Å². The summed E-state index contributed by atoms with van der Waals surface area (Å²) in [5.74, 6) is 0. The van der Waals surface area contributed by atoms with Crippen LogP contribution in [0.15, 0.2) is 0 Å². The normalized spacial score (nSPS) is 43.0. The minimum atomic E-state index is -0.784. The van der Waals surface area contributed by atoms with Crippen LogP contribution in [0.25, 0.3) is 0 Å². The van der Waals surface area contributed by atoms with Crippen molar-refractivity contribution >= 4 is 22.6 Å². The van der Waals surface area contributed by atoms with Crippen LogP contribution in [0.3, 0.4) is 0 Å². The fraction of sp³-hybridized carbons (Fsp3) is 1.00. The topological polar surface area (TPSA) is 58.9 Å². The van der Waals surface area contributed by atoms with E-state index in [-0.39, 0.29) is 12.4 Å². The molecule has 0 saturated carbocycles. The van der Waals surface area contributed by atoms with Crippen molar-refractivity contribution in [2.24, 2.45) is 0 Å². The van der Waals surface area contributed by atoms with E-state index in [1.807, 2.05) is 0 Å². The van der Waals surface area contributed by atoms with Gasteiger partial charge in [0.05, 0.1) is 12.2 Å². The van der Waals surface area contributed by atoms with E-state index in [1.54, 1.807) is 0 Å². The molecule has 2 N–H and O–H groups in total. The van der Waals surface area contributed by atoms with Gasteiger partial charge in [-0.1, -0.05) is 22.6 Å². The Labute approximate surface area is 85.0 Å². The molecule has 0 amide bonds. The lowest BCUT2D eigenvalue weighted by Crippen LogP contribution is -2.49. The van der Waals surface area contributed by atoms with Crippen LogP contribution in [0.1, 0.15) is 6.42 Å². The van der Waals surface area contributed by atoms with E-state index in [2.05, 4.69) is 22.6 Å². The summed E-state index contributed by atoms with van der Waals surface area (Å²) in [6.45, 7) is 0. The molecular formula is C7H13IO4. The van der Waals surface area contributed by atoms with E-state index in [4.69, 9.17) is 9.47 Å². The number of halogens is 1. The number of ether oxygens (including phenoxy) is 2. The van der Waals surface area contributed by atoms with Crippen LogP contribution in [0.5, 0.6) is 0 Å². The minimum absolute atomic E-state index is 0.320. The molecule has 0 aromatic rings. The zero-order chi connectivity index (χ0) is 9.14. The van der Waals surface area contributed by atoms with Crippen LogP contribution >= 0.6 is 22.6 Å². The average molecular weight is 288 g/mol. The van der Waals surface area contributed by atoms with Gasteiger partial charge in [0.15, 0.2) is 6.29 Å². The summed E-state index contributed by atoms with van der Waals surface area (Å²) in [6.07, 6.45) is -1.88. The van der Waals surface area contributed by atoms with E-state index in [1.165, 1.54) is 7.11 Å². The number of alkyl halides is 1. The molecule has 72 valence electrons. The third kappa shape index (κ3) is 2.29. The summed E-state index contributed by atoms with van der Waals surface area (Å²) >= 11 is 2.11. The molecule has 0 radical (unpaired) electrons. The molecule has 0 bridgehead atoms. The Morgan fingerprint density at radius 1 is 1.58 bits per heavy atom. The second-order valence-corrected chi connectivity index (χ2v) is 3.67. The molecule has 1 rings (SSSR count). The molecule has 1 unspecified atom stereocenters. The SMILES string of the molecule is COC1C[C@@H](O)[C@H](O)[C@@H](CI)O1. The first-order valence-corrected chi connectivity index (χ1v) is 5.32. The first-order chi connectivity index (χ1) is 5.69. The molecule has 0 aromatic heterocycles. The lowest BCUT2D eigenvalue weighted by atomic mass is 10.0. The summed E-state index contributed by atoms with van der Waals surface area (Å²) in [7, 11) is 1.53. The van der Waals surface area contributed by atoms with E-state index in [0.29, 0.717) is 10.8 Å². The van der Waals surface area contributed by atoms with E-state index < -0.39 is 12.2 Å². The van der Waals surface area contributed by atoms with Crippen molar-refractivity contribution in [2.75, 3.05) is 11.5 Å². The van der Waals surface area contributed by atoms with Gasteiger partial charge in [-0.15, -0.1) is 0 Å². The number of aliphatic hydroxyl groups excluding tert-OH is 2. The Kier molecular flexibility index (Phi) is 4.18. The summed E-state index contributed by atoms with van der Waals surface area (Å²) in [5, 5.41) is 18.8. The molecule has 0 spiro atoms. The van der Waals surface area contributed by atoms with Gasteiger partial charge in [-0.25, -0.2) is 0 Å². The predicted molar refractivity (Wildman–Crippen MR) is 51.2 cm³/mol. The van der Waals surface area contributed by atoms with Gasteiger partial charge in [0.2, 0.25) is 0 Å². The second-order valence-electron chi connectivity index (χ2n) is 2.79. The first-order valence-electron chi connectivity index (χ1n) is 3.79. The van der Waals surface area contributed by atoms with Gasteiger partial charge in [0.1, 0.15) is 6.10 Å². The lowest BCUT2D eigenvalue weighted by Gasteiger charge is -2.35. The van der Waals surface area contributed by atoms with Crippen molar-refractivity contribution in [1.29, 1.82) is 0 Å². The molecule has 4 nitrogen and oxygen atoms in total. The van der Waals surface area contributed by atoms with Gasteiger partial charge in [-0.3, -0.25) is 0 Å². The van der Waals surface area contributed by atoms with Crippen LogP contribution < -0.4 is 0 Å². The zero-order valence-electron chi connectivity index (χ0n) is 6.81. The van der Waals surface area contributed by atoms with Crippen molar-refractivity contribution in [3.05, 3.63) is 0 Å². The monoisotopic (exact) mass is 288 g/mol. The maximum atomic E-state index is 9.42. The van der Waals surface area contributed by atoms with Crippen molar-refractivity contribution < 1.29 is 19.7 Å². The van der Waals surface area contributed by atoms with Crippen LogP contribution in [-0.2, 0) is 9.47 Å². The molecule has 0 aliphatic carbocycles. The molecule has 12 heavy (non-hydrogen) atoms. The molecular weight excluding hydrogens is 275 g/mol. The number of hydrogen-bond acceptors (Lipinski definition) is 4. The van der Waals surface area contributed by atoms with E-state index >= 15 is 0 Å². The Hall–Kier alpha value is 0.570. The van der Waals surface area contributed by atoms with Gasteiger partial charge in [-0.2, -0.15) is 0 Å². The Balaban J connectivity index is 2.52. The molecule has 1 fully saturated rings. The third-order valence-corrected chi connectivity index (χ3v) is 2.82. The molecule has 1 aliphatic heterocycles. The molecule has 0 aromatic carbocycles. The van der Waals surface area contributed by atoms with Crippen molar-refractivity contribution in [2.45, 2.75) is 31.0 Å². The van der Waals surface area contributed by atoms with Gasteiger partial charge in [0, 0.05) is 18.0 Å². The number of aliphatic hydroxyl groups is 2. The molecule has 5 heteroatoms. The van der Waals surface area contributed by atoms with Crippen LogP contribution in [0.4, 0.5) is 0 Å². The van der Waals surface area contributed by atoms with Gasteiger partial charge >= 0.3 is 0 Å². The lowest BCUT2D eigenvalue weighted by molar-refractivity contribution is -0.235. The minimum Gasteiger partial charge on any atom is -0.390 e. The van der Waals surface area contributed by atoms with E-state index in [9.17, 15) is 10.2 Å². The summed E-state index contributed by atoms with van der Waals surface area (Å²) in [5.41, 5.74) is 0. The highest BCUT2D eigenvalue weighted by Crippen LogP contribution is 2.21. The van der Waals surface area contributed by atoms with Crippen molar-refractivity contribution in [3.63, 3.8) is 0 Å². The standard InChI is InChI=1S/C7H13IO4/c1-11-6-2-4(9)7(10)5(3-8)12-6/h4-7,9-10H,2-3H2,1H3/t4-,5-,6?,7+/m1/s1. The Morgan fingerprint density at radius 3 is 2.75 bits per heavy atom. The summed E-state index contributed by atoms with van der Waals surface area (Å²) < 4.78 is 10.9. The highest BCUT2D eigenvalue weighted by Gasteiger charge is 2.35. The smallest absolute Gasteiger partial charge is 0.160 e. The molecule has 4 atom stereocenters. The summed E-state index contributed by atoms with van der Waals surface area (Å²) in [4.78, 5) is 0. The highest BCUT2D eigenvalue weighted by molar-refractivity contribution is 14.1. The number of hydrogen-bond donors (Lipinski definition) is 2. The third-order valence-electron chi connectivity index (χ3n) is 1.95. The van der Waals surface area contributed by atoms with Crippen LogP contribution in [-0.4, -0.2) is 46.4 Å². The van der Waals surface area contributed by atoms with Crippen molar-refractivity contribution in [1.82, 2.24) is 0 Å². The molecule has 1 heterocycles. The Bertz CT molecular complexity index is 143. The van der Waals surface area contributed by atoms with Crippen LogP contribution in [0, 0.1) is 0 Å². The number of methoxy groups -OCH3 is 1. The first kappa shape index (κ1) is 10.6. The molecule has 1 saturated heterocycles. The quantitative estimate of drug-likeness (QED) is 0.550. The highest BCUT2D eigenvalue weighted by atomic mass is 127. The largest absolute Gasteiger partial charge is 0.390 e. The number of rotatable bonds is 2. The maximum Gasteiger partial charge on any atom is 0.160 e. The summed E-state index contributed by atoms with van der Waals surface area (Å²) in [6, 6.07) is 0. The average Bonchev–Trinajstić information content (AvgIpc) is 2.09. The fourth-order valence-electron chi connectivity index (χ4n) is 1.19.